The average Bonchev–Trinajstić information content (AvgIpc) is 2.59. The van der Waals surface area contributed by atoms with Crippen LogP contribution < -0.4 is 0 Å². The van der Waals surface area contributed by atoms with Crippen LogP contribution in [0.1, 0.15) is 19.2 Å². The molecule has 0 aliphatic carbocycles. The number of esters is 1. The molecule has 0 spiro atoms. The van der Waals surface area contributed by atoms with Crippen LogP contribution in [0.4, 0.5) is 0 Å². The maximum absolute atomic E-state index is 11.2. The summed E-state index contributed by atoms with van der Waals surface area (Å²) in [5, 5.41) is 7.02. The van der Waals surface area contributed by atoms with Crippen molar-refractivity contribution >= 4 is 17.7 Å². The third kappa shape index (κ3) is 2.73. The summed E-state index contributed by atoms with van der Waals surface area (Å²) in [6, 6.07) is 0. The monoisotopic (exact) mass is 215 g/mol. The molecule has 5 nitrogen and oxygen atoms in total. The van der Waals surface area contributed by atoms with Gasteiger partial charge in [0.05, 0.1) is 7.11 Å². The van der Waals surface area contributed by atoms with Gasteiger partial charge in [-0.15, -0.1) is 5.10 Å². The topological polar surface area (TPSA) is 67.9 Å². The van der Waals surface area contributed by atoms with Gasteiger partial charge in [0.15, 0.2) is 0 Å². The molecule has 1 rings (SSSR count). The number of nitrogens with one attached hydrogen (secondary N) is 1. The Balaban J connectivity index is 2.61. The molecular weight excluding hydrogens is 202 g/mol. The Hall–Kier alpha value is -1.04. The number of methoxy groups -OCH3 is 1. The minimum atomic E-state index is -0.236. The lowest BCUT2D eigenvalue weighted by Crippen LogP contribution is -2.17. The molecule has 0 aliphatic heterocycles. The van der Waals surface area contributed by atoms with Crippen molar-refractivity contribution in [2.24, 2.45) is 0 Å². The van der Waals surface area contributed by atoms with Crippen molar-refractivity contribution in [1.29, 1.82) is 0 Å². The first-order chi connectivity index (χ1) is 6.67. The minimum Gasteiger partial charge on any atom is -0.468 e. The van der Waals surface area contributed by atoms with Gasteiger partial charge in [-0.05, 0) is 13.3 Å². The number of rotatable bonds is 4. The van der Waals surface area contributed by atoms with E-state index in [1.807, 2.05) is 13.8 Å². The fourth-order valence-electron chi connectivity index (χ4n) is 0.932. The molecule has 6 heteroatoms. The van der Waals surface area contributed by atoms with Gasteiger partial charge in [-0.25, -0.2) is 4.98 Å². The lowest BCUT2D eigenvalue weighted by molar-refractivity contribution is -0.140. The minimum absolute atomic E-state index is 0.227. The Labute approximate surface area is 86.6 Å². The number of carbonyl (C=O) groups is 1. The molecule has 0 aromatic carbocycles. The van der Waals surface area contributed by atoms with E-state index in [-0.39, 0.29) is 11.2 Å². The predicted molar refractivity (Wildman–Crippen MR) is 53.1 cm³/mol. The van der Waals surface area contributed by atoms with E-state index in [2.05, 4.69) is 19.9 Å². The van der Waals surface area contributed by atoms with Crippen LogP contribution >= 0.6 is 11.8 Å². The van der Waals surface area contributed by atoms with Gasteiger partial charge >= 0.3 is 5.97 Å². The van der Waals surface area contributed by atoms with Gasteiger partial charge in [0.2, 0.25) is 5.16 Å². The van der Waals surface area contributed by atoms with Crippen LogP contribution in [0.3, 0.4) is 0 Å². The number of aromatic nitrogens is 3. The second-order valence-corrected chi connectivity index (χ2v) is 3.91. The molecule has 0 fully saturated rings. The second kappa shape index (κ2) is 4.99. The fraction of sp³-hybridized carbons (Fsp3) is 0.625. The van der Waals surface area contributed by atoms with Gasteiger partial charge in [0.25, 0.3) is 0 Å². The SMILES string of the molecule is CCC(Sc1n[nH]c(C)n1)C(=O)OC. The van der Waals surface area contributed by atoms with E-state index in [9.17, 15) is 4.79 Å². The van der Waals surface area contributed by atoms with Crippen molar-refractivity contribution in [2.45, 2.75) is 30.7 Å². The Morgan fingerprint density at radius 2 is 2.43 bits per heavy atom. The number of aryl methyl sites for hydroxylation is 1. The molecule has 0 radical (unpaired) electrons. The summed E-state index contributed by atoms with van der Waals surface area (Å²) < 4.78 is 4.66. The first-order valence-electron chi connectivity index (χ1n) is 4.30. The van der Waals surface area contributed by atoms with Gasteiger partial charge in [0, 0.05) is 0 Å². The van der Waals surface area contributed by atoms with Crippen molar-refractivity contribution in [3.8, 4) is 0 Å². The van der Waals surface area contributed by atoms with Crippen LogP contribution in [0.5, 0.6) is 0 Å². The number of carbonyl (C=O) groups excluding carboxylic acids is 1. The smallest absolute Gasteiger partial charge is 0.319 e. The van der Waals surface area contributed by atoms with Crippen molar-refractivity contribution in [1.82, 2.24) is 15.2 Å². The number of ether oxygens (including phenoxy) is 1. The number of nitrogens with zero attached hydrogens (tertiary/aromatic N) is 2. The molecule has 78 valence electrons. The Kier molecular flexibility index (Phi) is 3.94. The van der Waals surface area contributed by atoms with E-state index in [1.165, 1.54) is 18.9 Å². The van der Waals surface area contributed by atoms with Gasteiger partial charge in [0.1, 0.15) is 11.1 Å². The van der Waals surface area contributed by atoms with Gasteiger partial charge in [-0.1, -0.05) is 18.7 Å². The van der Waals surface area contributed by atoms with E-state index in [0.29, 0.717) is 11.6 Å². The third-order valence-corrected chi connectivity index (χ3v) is 2.86. The first kappa shape index (κ1) is 11.0. The molecular formula is C8H13N3O2S. The largest absolute Gasteiger partial charge is 0.468 e. The maximum Gasteiger partial charge on any atom is 0.319 e. The zero-order chi connectivity index (χ0) is 10.6. The predicted octanol–water partition coefficient (Wildman–Crippen LogP) is 1.16. The Morgan fingerprint density at radius 1 is 1.71 bits per heavy atom. The molecule has 1 aromatic heterocycles. The average molecular weight is 215 g/mol. The molecule has 0 aliphatic rings. The number of thioether (sulfide) groups is 1. The molecule has 1 unspecified atom stereocenters. The molecule has 0 saturated heterocycles. The molecule has 1 heterocycles. The first-order valence-corrected chi connectivity index (χ1v) is 5.18. The van der Waals surface area contributed by atoms with E-state index in [1.54, 1.807) is 0 Å². The van der Waals surface area contributed by atoms with Crippen LogP contribution in [-0.4, -0.2) is 33.5 Å². The quantitative estimate of drug-likeness (QED) is 0.603. The normalized spacial score (nSPS) is 12.5. The number of hydrogen-bond donors (Lipinski definition) is 1. The molecule has 0 bridgehead atoms. The van der Waals surface area contributed by atoms with Crippen molar-refractivity contribution in [3.05, 3.63) is 5.82 Å². The number of hydrogen-bond acceptors (Lipinski definition) is 5. The van der Waals surface area contributed by atoms with Crippen LogP contribution in [-0.2, 0) is 9.53 Å². The molecule has 0 saturated carbocycles. The standard InChI is InChI=1S/C8H13N3O2S/c1-4-6(7(12)13-3)14-8-9-5(2)10-11-8/h6H,4H2,1-3H3,(H,9,10,11). The molecule has 1 aromatic rings. The van der Waals surface area contributed by atoms with E-state index in [4.69, 9.17) is 0 Å². The Morgan fingerprint density at radius 3 is 2.86 bits per heavy atom. The van der Waals surface area contributed by atoms with Gasteiger partial charge in [-0.3, -0.25) is 9.89 Å². The second-order valence-electron chi connectivity index (χ2n) is 2.74. The van der Waals surface area contributed by atoms with E-state index >= 15 is 0 Å². The summed E-state index contributed by atoms with van der Waals surface area (Å²) in [7, 11) is 1.38. The molecule has 1 atom stereocenters. The van der Waals surface area contributed by atoms with Gasteiger partial charge < -0.3 is 4.74 Å². The lowest BCUT2D eigenvalue weighted by atomic mass is 10.3. The van der Waals surface area contributed by atoms with Crippen LogP contribution in [0.15, 0.2) is 5.16 Å². The molecule has 1 N–H and O–H groups in total. The summed E-state index contributed by atoms with van der Waals surface area (Å²) in [5.41, 5.74) is 0. The number of aromatic amines is 1. The summed E-state index contributed by atoms with van der Waals surface area (Å²) in [4.78, 5) is 15.3. The zero-order valence-corrected chi connectivity index (χ0v) is 9.22. The van der Waals surface area contributed by atoms with Crippen LogP contribution in [0, 0.1) is 6.92 Å². The van der Waals surface area contributed by atoms with Crippen molar-refractivity contribution < 1.29 is 9.53 Å². The van der Waals surface area contributed by atoms with Crippen molar-refractivity contribution in [3.63, 3.8) is 0 Å². The summed E-state index contributed by atoms with van der Waals surface area (Å²) in [6.07, 6.45) is 0.699. The zero-order valence-electron chi connectivity index (χ0n) is 8.40. The lowest BCUT2D eigenvalue weighted by Gasteiger charge is -2.08. The maximum atomic E-state index is 11.2. The van der Waals surface area contributed by atoms with E-state index in [0.717, 1.165) is 5.82 Å². The number of H-pyrrole nitrogens is 1. The van der Waals surface area contributed by atoms with Crippen LogP contribution in [0.2, 0.25) is 0 Å². The van der Waals surface area contributed by atoms with Crippen LogP contribution in [0.25, 0.3) is 0 Å². The fourth-order valence-corrected chi connectivity index (χ4v) is 1.83. The summed E-state index contributed by atoms with van der Waals surface area (Å²) in [6.45, 7) is 3.74. The van der Waals surface area contributed by atoms with E-state index < -0.39 is 0 Å². The summed E-state index contributed by atoms with van der Waals surface area (Å²) in [5.74, 6) is 0.507. The third-order valence-electron chi connectivity index (χ3n) is 1.66. The molecule has 14 heavy (non-hydrogen) atoms. The highest BCUT2D eigenvalue weighted by Crippen LogP contribution is 2.22. The van der Waals surface area contributed by atoms with Gasteiger partial charge in [-0.2, -0.15) is 0 Å². The Bertz CT molecular complexity index is 313. The highest BCUT2D eigenvalue weighted by atomic mass is 32.2. The van der Waals surface area contributed by atoms with Crippen molar-refractivity contribution in [2.75, 3.05) is 7.11 Å². The summed E-state index contributed by atoms with van der Waals surface area (Å²) >= 11 is 1.31. The highest BCUT2D eigenvalue weighted by molar-refractivity contribution is 8.00. The molecule has 0 amide bonds. The highest BCUT2D eigenvalue weighted by Gasteiger charge is 2.20.